The Bertz CT molecular complexity index is 671. The first-order valence-corrected chi connectivity index (χ1v) is 8.75. The molecule has 3 rings (SSSR count). The van der Waals surface area contributed by atoms with Crippen LogP contribution in [-0.2, 0) is 6.42 Å². The smallest absolute Gasteiger partial charge is 0.273 e. The van der Waals surface area contributed by atoms with Gasteiger partial charge in [0.25, 0.3) is 5.91 Å². The molecular formula is C17H20FN3OS. The Morgan fingerprint density at radius 3 is 2.87 bits per heavy atom. The van der Waals surface area contributed by atoms with Crippen LogP contribution in [0.25, 0.3) is 0 Å². The molecule has 6 heteroatoms. The Hall–Kier alpha value is -1.79. The molecule has 1 atom stereocenters. The van der Waals surface area contributed by atoms with E-state index in [-0.39, 0.29) is 17.8 Å². The minimum Gasteiger partial charge on any atom is -0.333 e. The number of likely N-dealkylation sites (tertiary alicyclic amines) is 1. The van der Waals surface area contributed by atoms with Crippen LogP contribution in [0.3, 0.4) is 0 Å². The molecule has 0 radical (unpaired) electrons. The molecule has 0 aliphatic carbocycles. The highest BCUT2D eigenvalue weighted by Gasteiger charge is 2.27. The van der Waals surface area contributed by atoms with Gasteiger partial charge >= 0.3 is 0 Å². The summed E-state index contributed by atoms with van der Waals surface area (Å²) < 4.78 is 12.9. The van der Waals surface area contributed by atoms with Crippen LogP contribution >= 0.6 is 11.3 Å². The molecule has 0 saturated carbocycles. The molecule has 1 saturated heterocycles. The van der Waals surface area contributed by atoms with Gasteiger partial charge in [-0.2, -0.15) is 0 Å². The van der Waals surface area contributed by atoms with Crippen molar-refractivity contribution in [2.75, 3.05) is 13.1 Å². The molecule has 1 amide bonds. The number of amides is 1. The normalized spacial score (nSPS) is 18.2. The molecule has 2 N–H and O–H groups in total. The number of rotatable bonds is 4. The molecule has 1 aromatic heterocycles. The third-order valence-corrected chi connectivity index (χ3v) is 5.05. The topological polar surface area (TPSA) is 59.2 Å². The van der Waals surface area contributed by atoms with Gasteiger partial charge in [0.1, 0.15) is 11.5 Å². The molecule has 1 fully saturated rings. The Kier molecular flexibility index (Phi) is 5.03. The van der Waals surface area contributed by atoms with Crippen molar-refractivity contribution in [2.24, 2.45) is 5.73 Å². The lowest BCUT2D eigenvalue weighted by atomic mass is 10.0. The molecule has 122 valence electrons. The zero-order valence-corrected chi connectivity index (χ0v) is 13.7. The predicted molar refractivity (Wildman–Crippen MR) is 89.0 cm³/mol. The molecular weight excluding hydrogens is 313 g/mol. The van der Waals surface area contributed by atoms with Gasteiger partial charge in [-0.3, -0.25) is 4.79 Å². The maximum Gasteiger partial charge on any atom is 0.273 e. The SMILES string of the molecule is NCC1CCCCN1C(=O)c1csc(Cc2ccc(F)cc2)n1. The first-order valence-electron chi connectivity index (χ1n) is 7.87. The van der Waals surface area contributed by atoms with E-state index in [0.29, 0.717) is 18.7 Å². The Morgan fingerprint density at radius 1 is 1.35 bits per heavy atom. The standard InChI is InChI=1S/C17H20FN3OS/c18-13-6-4-12(5-7-13)9-16-20-15(11-23-16)17(22)21-8-2-1-3-14(21)10-19/h4-7,11,14H,1-3,8-10,19H2. The van der Waals surface area contributed by atoms with Crippen molar-refractivity contribution in [2.45, 2.75) is 31.7 Å². The van der Waals surface area contributed by atoms with Crippen LogP contribution in [0.1, 0.15) is 40.3 Å². The van der Waals surface area contributed by atoms with Crippen LogP contribution in [0.5, 0.6) is 0 Å². The number of benzene rings is 1. The van der Waals surface area contributed by atoms with E-state index in [1.165, 1.54) is 23.5 Å². The molecule has 2 aromatic rings. The van der Waals surface area contributed by atoms with Gasteiger partial charge < -0.3 is 10.6 Å². The number of nitrogens with zero attached hydrogens (tertiary/aromatic N) is 2. The Balaban J connectivity index is 1.70. The van der Waals surface area contributed by atoms with Crippen LogP contribution in [-0.4, -0.2) is 34.9 Å². The van der Waals surface area contributed by atoms with Gasteiger partial charge in [0.2, 0.25) is 0 Å². The average molecular weight is 333 g/mol. The predicted octanol–water partition coefficient (Wildman–Crippen LogP) is 2.83. The zero-order chi connectivity index (χ0) is 16.2. The van der Waals surface area contributed by atoms with Crippen molar-refractivity contribution in [3.05, 3.63) is 51.7 Å². The summed E-state index contributed by atoms with van der Waals surface area (Å²) in [6, 6.07) is 6.49. The van der Waals surface area contributed by atoms with Gasteiger partial charge in [0.05, 0.1) is 5.01 Å². The highest BCUT2D eigenvalue weighted by Crippen LogP contribution is 2.21. The highest BCUT2D eigenvalue weighted by atomic mass is 32.1. The largest absolute Gasteiger partial charge is 0.333 e. The van der Waals surface area contributed by atoms with Crippen molar-refractivity contribution in [3.63, 3.8) is 0 Å². The van der Waals surface area contributed by atoms with E-state index in [9.17, 15) is 9.18 Å². The van der Waals surface area contributed by atoms with Gasteiger partial charge in [-0.1, -0.05) is 12.1 Å². The van der Waals surface area contributed by atoms with Crippen molar-refractivity contribution in [1.29, 1.82) is 0 Å². The van der Waals surface area contributed by atoms with Crippen LogP contribution in [0, 0.1) is 5.82 Å². The fourth-order valence-electron chi connectivity index (χ4n) is 2.93. The summed E-state index contributed by atoms with van der Waals surface area (Å²) in [7, 11) is 0. The third-order valence-electron chi connectivity index (χ3n) is 4.20. The van der Waals surface area contributed by atoms with E-state index in [1.807, 2.05) is 10.3 Å². The number of aromatic nitrogens is 1. The number of hydrogen-bond acceptors (Lipinski definition) is 4. The van der Waals surface area contributed by atoms with Gasteiger partial charge in [0, 0.05) is 30.9 Å². The van der Waals surface area contributed by atoms with Crippen LogP contribution in [0.15, 0.2) is 29.6 Å². The maximum atomic E-state index is 12.9. The number of carbonyl (C=O) groups is 1. The fraction of sp³-hybridized carbons (Fsp3) is 0.412. The van der Waals surface area contributed by atoms with Crippen LogP contribution in [0.2, 0.25) is 0 Å². The molecule has 1 aromatic carbocycles. The summed E-state index contributed by atoms with van der Waals surface area (Å²) >= 11 is 1.47. The quantitative estimate of drug-likeness (QED) is 0.936. The first-order chi connectivity index (χ1) is 11.2. The second-order valence-electron chi connectivity index (χ2n) is 5.81. The van der Waals surface area contributed by atoms with Crippen LogP contribution < -0.4 is 5.73 Å². The highest BCUT2D eigenvalue weighted by molar-refractivity contribution is 7.09. The summed E-state index contributed by atoms with van der Waals surface area (Å²) in [4.78, 5) is 19.0. The first kappa shape index (κ1) is 16.1. The van der Waals surface area contributed by atoms with E-state index in [2.05, 4.69) is 4.98 Å². The van der Waals surface area contributed by atoms with E-state index < -0.39 is 0 Å². The van der Waals surface area contributed by atoms with Gasteiger partial charge in [-0.25, -0.2) is 9.37 Å². The molecule has 1 unspecified atom stereocenters. The lowest BCUT2D eigenvalue weighted by molar-refractivity contribution is 0.0618. The second kappa shape index (κ2) is 7.19. The summed E-state index contributed by atoms with van der Waals surface area (Å²) in [6.45, 7) is 1.25. The van der Waals surface area contributed by atoms with E-state index in [1.54, 1.807) is 12.1 Å². The number of nitrogens with two attached hydrogens (primary N) is 1. The Labute approximate surface area is 139 Å². The molecule has 1 aliphatic heterocycles. The molecule has 2 heterocycles. The lowest BCUT2D eigenvalue weighted by Crippen LogP contribution is -2.47. The second-order valence-corrected chi connectivity index (χ2v) is 6.76. The Morgan fingerprint density at radius 2 is 2.13 bits per heavy atom. The summed E-state index contributed by atoms with van der Waals surface area (Å²) in [5.74, 6) is -0.275. The fourth-order valence-corrected chi connectivity index (χ4v) is 3.73. The lowest BCUT2D eigenvalue weighted by Gasteiger charge is -2.34. The molecule has 0 bridgehead atoms. The molecule has 1 aliphatic rings. The monoisotopic (exact) mass is 333 g/mol. The summed E-state index contributed by atoms with van der Waals surface area (Å²) in [6.07, 6.45) is 3.72. The van der Waals surface area contributed by atoms with Crippen molar-refractivity contribution < 1.29 is 9.18 Å². The van der Waals surface area contributed by atoms with Crippen molar-refractivity contribution >= 4 is 17.2 Å². The molecule has 0 spiro atoms. The zero-order valence-electron chi connectivity index (χ0n) is 12.9. The minimum atomic E-state index is -0.248. The summed E-state index contributed by atoms with van der Waals surface area (Å²) in [5.41, 5.74) is 7.26. The average Bonchev–Trinajstić information content (AvgIpc) is 3.05. The van der Waals surface area contributed by atoms with Crippen LogP contribution in [0.4, 0.5) is 4.39 Å². The summed E-state index contributed by atoms with van der Waals surface area (Å²) in [5, 5.41) is 2.67. The van der Waals surface area contributed by atoms with Gasteiger partial charge in [0.15, 0.2) is 0 Å². The third kappa shape index (κ3) is 3.76. The molecule has 4 nitrogen and oxygen atoms in total. The van der Waals surface area contributed by atoms with Gasteiger partial charge in [-0.15, -0.1) is 11.3 Å². The number of hydrogen-bond donors (Lipinski definition) is 1. The minimum absolute atomic E-state index is 0.0262. The number of carbonyl (C=O) groups excluding carboxylic acids is 1. The van der Waals surface area contributed by atoms with Gasteiger partial charge in [-0.05, 0) is 37.0 Å². The van der Waals surface area contributed by atoms with Crippen molar-refractivity contribution in [3.8, 4) is 0 Å². The number of piperidine rings is 1. The van der Waals surface area contributed by atoms with E-state index in [4.69, 9.17) is 5.73 Å². The number of halogens is 1. The number of thiazole rings is 1. The molecule has 23 heavy (non-hydrogen) atoms. The maximum absolute atomic E-state index is 12.9. The van der Waals surface area contributed by atoms with Crippen molar-refractivity contribution in [1.82, 2.24) is 9.88 Å². The van der Waals surface area contributed by atoms with E-state index >= 15 is 0 Å². The van der Waals surface area contributed by atoms with E-state index in [0.717, 1.165) is 36.4 Å².